The number of likely N-dealkylation sites (N-methyl/N-ethyl adjacent to an activating group) is 1. The average Bonchev–Trinajstić information content (AvgIpc) is 2.77. The van der Waals surface area contributed by atoms with Crippen molar-refractivity contribution < 1.29 is 22.4 Å². The number of amides is 2. The number of rotatable bonds is 9. The van der Waals surface area contributed by atoms with E-state index >= 15 is 0 Å². The molecule has 0 aliphatic carbocycles. The first-order valence-corrected chi connectivity index (χ1v) is 11.8. The monoisotopic (exact) mass is 478 g/mol. The van der Waals surface area contributed by atoms with Crippen LogP contribution < -0.4 is 9.62 Å². The van der Waals surface area contributed by atoms with Gasteiger partial charge in [0.05, 0.1) is 5.69 Å². The van der Waals surface area contributed by atoms with Gasteiger partial charge in [0.2, 0.25) is 11.8 Å². The molecule has 0 bridgehead atoms. The van der Waals surface area contributed by atoms with E-state index in [0.29, 0.717) is 16.8 Å². The average molecular weight is 479 g/mol. The van der Waals surface area contributed by atoms with Crippen LogP contribution in [0.4, 0.5) is 10.1 Å². The second kappa shape index (κ2) is 10.8. The van der Waals surface area contributed by atoms with Crippen molar-refractivity contribution in [3.63, 3.8) is 0 Å². The predicted octanol–water partition coefficient (Wildman–Crippen LogP) is 2.22. The summed E-state index contributed by atoms with van der Waals surface area (Å²) in [6.07, 6.45) is 0. The number of nitrogens with zero attached hydrogens (tertiary/aromatic N) is 3. The molecule has 0 radical (unpaired) electrons. The number of carbonyl (C=O) groups is 2. The van der Waals surface area contributed by atoms with Crippen molar-refractivity contribution >= 4 is 27.7 Å². The number of nitrogens with one attached hydrogen (secondary N) is 1. The van der Waals surface area contributed by atoms with Crippen LogP contribution in [0.5, 0.6) is 0 Å². The number of anilines is 1. The number of aryl methyl sites for hydroxylation is 2. The van der Waals surface area contributed by atoms with Crippen molar-refractivity contribution in [3.05, 3.63) is 65.0 Å². The Labute approximate surface area is 195 Å². The molecule has 2 aromatic carbocycles. The molecule has 0 saturated carbocycles. The first-order valence-electron chi connectivity index (χ1n) is 10.4. The molecule has 10 heteroatoms. The molecule has 0 aromatic heterocycles. The fraction of sp³-hybridized carbons (Fsp3) is 0.391. The Morgan fingerprint density at radius 2 is 1.67 bits per heavy atom. The lowest BCUT2D eigenvalue weighted by Crippen LogP contribution is -2.52. The Hall–Kier alpha value is -2.98. The summed E-state index contributed by atoms with van der Waals surface area (Å²) in [5.74, 6) is -1.39. The fourth-order valence-corrected chi connectivity index (χ4v) is 4.38. The first kappa shape index (κ1) is 26.3. The van der Waals surface area contributed by atoms with Crippen LogP contribution in [0.2, 0.25) is 0 Å². The lowest BCUT2D eigenvalue weighted by Gasteiger charge is -2.33. The smallest absolute Gasteiger partial charge is 0.304 e. The van der Waals surface area contributed by atoms with Gasteiger partial charge in [-0.25, -0.2) is 8.70 Å². The summed E-state index contributed by atoms with van der Waals surface area (Å²) < 4.78 is 41.8. The van der Waals surface area contributed by atoms with E-state index in [1.54, 1.807) is 26.0 Å². The molecule has 0 heterocycles. The number of hydrogen-bond donors (Lipinski definition) is 1. The van der Waals surface area contributed by atoms with Crippen LogP contribution in [-0.2, 0) is 26.3 Å². The third-order valence-corrected chi connectivity index (χ3v) is 7.14. The van der Waals surface area contributed by atoms with Gasteiger partial charge in [-0.15, -0.1) is 0 Å². The van der Waals surface area contributed by atoms with Crippen molar-refractivity contribution in [2.45, 2.75) is 33.4 Å². The number of hydrogen-bond acceptors (Lipinski definition) is 4. The predicted molar refractivity (Wildman–Crippen MR) is 126 cm³/mol. The molecule has 0 saturated heterocycles. The Bertz CT molecular complexity index is 1100. The molecule has 2 rings (SSSR count). The van der Waals surface area contributed by atoms with Crippen LogP contribution in [0.25, 0.3) is 0 Å². The van der Waals surface area contributed by atoms with Gasteiger partial charge in [-0.1, -0.05) is 24.3 Å². The van der Waals surface area contributed by atoms with Gasteiger partial charge in [-0.3, -0.25) is 9.59 Å². The second-order valence-corrected chi connectivity index (χ2v) is 10.1. The SMILES string of the molecule is CNC(=O)[C@@H](C)N(Cc1ccc(F)cc1)C(=O)CN(c1cc(C)ccc1C)S(=O)(=O)N(C)C. The van der Waals surface area contributed by atoms with Crippen molar-refractivity contribution in [2.75, 3.05) is 32.0 Å². The van der Waals surface area contributed by atoms with E-state index in [1.807, 2.05) is 13.0 Å². The Morgan fingerprint density at radius 1 is 1.06 bits per heavy atom. The standard InChI is InChI=1S/C23H31FN4O4S/c1-16-7-8-17(2)21(13-16)28(33(31,32)26(5)6)15-22(29)27(18(3)23(30)25-4)14-19-9-11-20(24)12-10-19/h7-13,18H,14-15H2,1-6H3,(H,25,30)/t18-/m1/s1. The fourth-order valence-electron chi connectivity index (χ4n) is 3.27. The normalized spacial score (nSPS) is 12.4. The van der Waals surface area contributed by atoms with Crippen LogP contribution in [0.15, 0.2) is 42.5 Å². The largest absolute Gasteiger partial charge is 0.357 e. The Balaban J connectivity index is 2.49. The minimum atomic E-state index is -4.02. The van der Waals surface area contributed by atoms with E-state index in [1.165, 1.54) is 50.3 Å². The zero-order valence-corrected chi connectivity index (χ0v) is 20.6. The molecule has 2 aromatic rings. The van der Waals surface area contributed by atoms with Crippen molar-refractivity contribution in [1.29, 1.82) is 0 Å². The van der Waals surface area contributed by atoms with Crippen LogP contribution >= 0.6 is 0 Å². The van der Waals surface area contributed by atoms with E-state index in [2.05, 4.69) is 5.32 Å². The molecule has 0 fully saturated rings. The Kier molecular flexibility index (Phi) is 8.57. The molecular formula is C23H31FN4O4S. The molecule has 8 nitrogen and oxygen atoms in total. The minimum Gasteiger partial charge on any atom is -0.357 e. The van der Waals surface area contributed by atoms with E-state index < -0.39 is 40.4 Å². The summed E-state index contributed by atoms with van der Waals surface area (Å²) in [6, 6.07) is 10.0. The van der Waals surface area contributed by atoms with Gasteiger partial charge in [0.25, 0.3) is 0 Å². The topological polar surface area (TPSA) is 90.0 Å². The molecule has 33 heavy (non-hydrogen) atoms. The summed E-state index contributed by atoms with van der Waals surface area (Å²) in [6.45, 7) is 4.66. The highest BCUT2D eigenvalue weighted by molar-refractivity contribution is 7.90. The summed E-state index contributed by atoms with van der Waals surface area (Å²) in [5.41, 5.74) is 2.51. The zero-order valence-electron chi connectivity index (χ0n) is 19.8. The van der Waals surface area contributed by atoms with Crippen LogP contribution in [0.1, 0.15) is 23.6 Å². The van der Waals surface area contributed by atoms with Crippen LogP contribution in [-0.4, -0.2) is 63.2 Å². The summed E-state index contributed by atoms with van der Waals surface area (Å²) in [5, 5.41) is 2.51. The third kappa shape index (κ3) is 6.29. The zero-order chi connectivity index (χ0) is 24.9. The molecule has 2 amide bonds. The number of halogens is 1. The molecule has 0 aliphatic heterocycles. The quantitative estimate of drug-likeness (QED) is 0.599. The highest BCUT2D eigenvalue weighted by atomic mass is 32.2. The molecule has 0 aliphatic rings. The summed E-state index contributed by atoms with van der Waals surface area (Å²) >= 11 is 0. The van der Waals surface area contributed by atoms with Gasteiger partial charge >= 0.3 is 10.2 Å². The second-order valence-electron chi connectivity index (χ2n) is 8.03. The van der Waals surface area contributed by atoms with Gasteiger partial charge in [0.15, 0.2) is 0 Å². The summed E-state index contributed by atoms with van der Waals surface area (Å²) in [7, 11) is 0.216. The van der Waals surface area contributed by atoms with Crippen molar-refractivity contribution in [1.82, 2.24) is 14.5 Å². The molecule has 180 valence electrons. The number of benzene rings is 2. The molecule has 0 unspecified atom stereocenters. The van der Waals surface area contributed by atoms with Crippen LogP contribution in [0.3, 0.4) is 0 Å². The lowest BCUT2D eigenvalue weighted by molar-refractivity contribution is -0.139. The highest BCUT2D eigenvalue weighted by Gasteiger charge is 2.33. The van der Waals surface area contributed by atoms with Gasteiger partial charge in [0.1, 0.15) is 18.4 Å². The van der Waals surface area contributed by atoms with Gasteiger partial charge in [-0.2, -0.15) is 12.7 Å². The summed E-state index contributed by atoms with van der Waals surface area (Å²) in [4.78, 5) is 27.1. The van der Waals surface area contributed by atoms with Crippen LogP contribution in [0, 0.1) is 19.7 Å². The van der Waals surface area contributed by atoms with Gasteiger partial charge in [-0.05, 0) is 55.7 Å². The minimum absolute atomic E-state index is 0.0103. The van der Waals surface area contributed by atoms with E-state index in [9.17, 15) is 22.4 Å². The van der Waals surface area contributed by atoms with E-state index in [0.717, 1.165) is 14.2 Å². The van der Waals surface area contributed by atoms with E-state index in [-0.39, 0.29) is 6.54 Å². The maximum Gasteiger partial charge on any atom is 0.304 e. The van der Waals surface area contributed by atoms with Crippen molar-refractivity contribution in [3.8, 4) is 0 Å². The van der Waals surface area contributed by atoms with Crippen molar-refractivity contribution in [2.24, 2.45) is 0 Å². The van der Waals surface area contributed by atoms with E-state index in [4.69, 9.17) is 0 Å². The maximum absolute atomic E-state index is 13.5. The number of carbonyl (C=O) groups excluding carboxylic acids is 2. The highest BCUT2D eigenvalue weighted by Crippen LogP contribution is 2.26. The van der Waals surface area contributed by atoms with Gasteiger partial charge < -0.3 is 10.2 Å². The Morgan fingerprint density at radius 3 is 2.21 bits per heavy atom. The maximum atomic E-state index is 13.5. The van der Waals surface area contributed by atoms with Gasteiger partial charge in [0, 0.05) is 27.7 Å². The lowest BCUT2D eigenvalue weighted by atomic mass is 10.1. The molecule has 1 N–H and O–H groups in total. The first-order chi connectivity index (χ1) is 15.4. The molecular weight excluding hydrogens is 447 g/mol. The molecule has 0 spiro atoms. The molecule has 1 atom stereocenters. The third-order valence-electron chi connectivity index (χ3n) is 5.33.